The van der Waals surface area contributed by atoms with E-state index in [1.807, 2.05) is 12.1 Å². The fourth-order valence-corrected chi connectivity index (χ4v) is 2.18. The van der Waals surface area contributed by atoms with Gasteiger partial charge in [-0.1, -0.05) is 12.1 Å². The van der Waals surface area contributed by atoms with Gasteiger partial charge < -0.3 is 10.6 Å². The molecular weight excluding hydrogens is 172 g/mol. The summed E-state index contributed by atoms with van der Waals surface area (Å²) in [5.41, 5.74) is 7.92. The zero-order valence-electron chi connectivity index (χ0n) is 8.74. The molecule has 0 spiro atoms. The van der Waals surface area contributed by atoms with Gasteiger partial charge in [0.15, 0.2) is 0 Å². The van der Waals surface area contributed by atoms with Crippen molar-refractivity contribution in [1.82, 2.24) is 4.90 Å². The summed E-state index contributed by atoms with van der Waals surface area (Å²) in [5, 5.41) is 0. The zero-order valence-corrected chi connectivity index (χ0v) is 8.74. The molecule has 0 bridgehead atoms. The number of anilines is 1. The first-order chi connectivity index (χ1) is 6.74. The van der Waals surface area contributed by atoms with Crippen molar-refractivity contribution >= 4 is 5.69 Å². The van der Waals surface area contributed by atoms with Crippen LogP contribution in [-0.2, 0) is 6.42 Å². The second-order valence-corrected chi connectivity index (χ2v) is 4.36. The summed E-state index contributed by atoms with van der Waals surface area (Å²) in [6, 6.07) is 8.28. The van der Waals surface area contributed by atoms with Gasteiger partial charge in [0, 0.05) is 12.2 Å². The van der Waals surface area contributed by atoms with Gasteiger partial charge in [-0.25, -0.2) is 0 Å². The lowest BCUT2D eigenvalue weighted by atomic mass is 9.99. The first kappa shape index (κ1) is 9.53. The highest BCUT2D eigenvalue weighted by molar-refractivity contribution is 5.39. The van der Waals surface area contributed by atoms with Crippen molar-refractivity contribution in [2.24, 2.45) is 5.92 Å². The molecule has 1 aromatic rings. The molecule has 1 aliphatic heterocycles. The summed E-state index contributed by atoms with van der Waals surface area (Å²) in [6.45, 7) is 2.49. The Morgan fingerprint density at radius 2 is 2.07 bits per heavy atom. The van der Waals surface area contributed by atoms with E-state index in [2.05, 4.69) is 24.1 Å². The summed E-state index contributed by atoms with van der Waals surface area (Å²) in [5.74, 6) is 0.837. The Morgan fingerprint density at radius 1 is 1.36 bits per heavy atom. The summed E-state index contributed by atoms with van der Waals surface area (Å²) < 4.78 is 0. The van der Waals surface area contributed by atoms with Gasteiger partial charge in [0.1, 0.15) is 0 Å². The minimum absolute atomic E-state index is 0.837. The second-order valence-electron chi connectivity index (χ2n) is 4.36. The third-order valence-corrected chi connectivity index (χ3v) is 2.99. The highest BCUT2D eigenvalue weighted by Crippen LogP contribution is 2.19. The largest absolute Gasteiger partial charge is 0.399 e. The fourth-order valence-electron chi connectivity index (χ4n) is 2.18. The highest BCUT2D eigenvalue weighted by atomic mass is 15.1. The van der Waals surface area contributed by atoms with E-state index >= 15 is 0 Å². The van der Waals surface area contributed by atoms with Gasteiger partial charge in [-0.3, -0.25) is 0 Å². The van der Waals surface area contributed by atoms with Crippen molar-refractivity contribution in [2.45, 2.75) is 12.8 Å². The topological polar surface area (TPSA) is 29.3 Å². The average Bonchev–Trinajstić information content (AvgIpc) is 2.56. The molecule has 0 amide bonds. The molecule has 1 aromatic carbocycles. The van der Waals surface area contributed by atoms with Gasteiger partial charge in [-0.2, -0.15) is 0 Å². The van der Waals surface area contributed by atoms with Crippen LogP contribution in [0.1, 0.15) is 12.0 Å². The molecule has 76 valence electrons. The van der Waals surface area contributed by atoms with Crippen LogP contribution >= 0.6 is 0 Å². The summed E-state index contributed by atoms with van der Waals surface area (Å²) in [6.07, 6.45) is 2.53. The van der Waals surface area contributed by atoms with Crippen molar-refractivity contribution in [3.63, 3.8) is 0 Å². The Hall–Kier alpha value is -1.02. The van der Waals surface area contributed by atoms with Gasteiger partial charge in [0.05, 0.1) is 0 Å². The van der Waals surface area contributed by atoms with Crippen LogP contribution < -0.4 is 5.73 Å². The Balaban J connectivity index is 1.94. The van der Waals surface area contributed by atoms with Gasteiger partial charge in [0.25, 0.3) is 0 Å². The van der Waals surface area contributed by atoms with Crippen molar-refractivity contribution in [2.75, 3.05) is 25.9 Å². The lowest BCUT2D eigenvalue weighted by Crippen LogP contribution is -2.14. The maximum absolute atomic E-state index is 5.65. The maximum atomic E-state index is 5.65. The smallest absolute Gasteiger partial charge is 0.0314 e. The van der Waals surface area contributed by atoms with Gasteiger partial charge in [-0.15, -0.1) is 0 Å². The number of nitrogens with zero attached hydrogens (tertiary/aromatic N) is 1. The molecule has 1 aliphatic rings. The summed E-state index contributed by atoms with van der Waals surface area (Å²) in [7, 11) is 2.20. The third-order valence-electron chi connectivity index (χ3n) is 2.99. The molecule has 0 saturated carbocycles. The van der Waals surface area contributed by atoms with Crippen LogP contribution in [0.3, 0.4) is 0 Å². The van der Waals surface area contributed by atoms with Crippen LogP contribution in [0, 0.1) is 5.92 Å². The quantitative estimate of drug-likeness (QED) is 0.720. The normalized spacial score (nSPS) is 22.8. The number of benzene rings is 1. The third kappa shape index (κ3) is 2.26. The number of hydrogen-bond acceptors (Lipinski definition) is 2. The van der Waals surface area contributed by atoms with Crippen LogP contribution in [-0.4, -0.2) is 25.0 Å². The summed E-state index contributed by atoms with van der Waals surface area (Å²) in [4.78, 5) is 2.40. The van der Waals surface area contributed by atoms with Crippen molar-refractivity contribution in [1.29, 1.82) is 0 Å². The summed E-state index contributed by atoms with van der Waals surface area (Å²) >= 11 is 0. The fraction of sp³-hybridized carbons (Fsp3) is 0.500. The molecule has 0 aromatic heterocycles. The Kier molecular flexibility index (Phi) is 2.73. The minimum atomic E-state index is 0.837. The monoisotopic (exact) mass is 190 g/mol. The van der Waals surface area contributed by atoms with Crippen LogP contribution in [0.15, 0.2) is 24.3 Å². The molecule has 2 N–H and O–H groups in total. The Morgan fingerprint density at radius 3 is 2.64 bits per heavy atom. The Bertz CT molecular complexity index is 292. The van der Waals surface area contributed by atoms with Gasteiger partial charge in [0.2, 0.25) is 0 Å². The lowest BCUT2D eigenvalue weighted by molar-refractivity contribution is 0.394. The molecule has 1 atom stereocenters. The van der Waals surface area contributed by atoms with Crippen LogP contribution in [0.2, 0.25) is 0 Å². The average molecular weight is 190 g/mol. The molecule has 0 radical (unpaired) electrons. The standard InChI is InChI=1S/C12H18N2/c1-14-7-6-11(9-14)8-10-2-4-12(13)5-3-10/h2-5,11H,6-9,13H2,1H3. The number of likely N-dealkylation sites (tertiary alicyclic amines) is 1. The maximum Gasteiger partial charge on any atom is 0.0314 e. The van der Waals surface area contributed by atoms with Crippen molar-refractivity contribution in [3.8, 4) is 0 Å². The molecule has 1 saturated heterocycles. The van der Waals surface area contributed by atoms with E-state index in [1.54, 1.807) is 0 Å². The number of hydrogen-bond donors (Lipinski definition) is 1. The van der Waals surface area contributed by atoms with E-state index < -0.39 is 0 Å². The van der Waals surface area contributed by atoms with E-state index in [9.17, 15) is 0 Å². The van der Waals surface area contributed by atoms with Crippen LogP contribution in [0.25, 0.3) is 0 Å². The van der Waals surface area contributed by atoms with Crippen LogP contribution in [0.5, 0.6) is 0 Å². The van der Waals surface area contributed by atoms with Crippen molar-refractivity contribution in [3.05, 3.63) is 29.8 Å². The molecule has 1 fully saturated rings. The minimum Gasteiger partial charge on any atom is -0.399 e. The van der Waals surface area contributed by atoms with E-state index in [0.29, 0.717) is 0 Å². The highest BCUT2D eigenvalue weighted by Gasteiger charge is 2.19. The van der Waals surface area contributed by atoms with Gasteiger partial charge in [-0.05, 0) is 50.0 Å². The first-order valence-corrected chi connectivity index (χ1v) is 5.27. The number of nitrogen functional groups attached to an aromatic ring is 1. The lowest BCUT2D eigenvalue weighted by Gasteiger charge is -2.10. The molecule has 2 rings (SSSR count). The zero-order chi connectivity index (χ0) is 9.97. The van der Waals surface area contributed by atoms with E-state index in [4.69, 9.17) is 5.73 Å². The molecule has 2 heteroatoms. The Labute approximate surface area is 85.7 Å². The van der Waals surface area contributed by atoms with E-state index in [1.165, 1.54) is 31.5 Å². The SMILES string of the molecule is CN1CCC(Cc2ccc(N)cc2)C1. The van der Waals surface area contributed by atoms with Crippen molar-refractivity contribution < 1.29 is 0 Å². The molecule has 0 aliphatic carbocycles. The van der Waals surface area contributed by atoms with Gasteiger partial charge >= 0.3 is 0 Å². The molecular formula is C12H18N2. The first-order valence-electron chi connectivity index (χ1n) is 5.27. The van der Waals surface area contributed by atoms with Crippen LogP contribution in [0.4, 0.5) is 5.69 Å². The van der Waals surface area contributed by atoms with E-state index in [-0.39, 0.29) is 0 Å². The number of rotatable bonds is 2. The number of nitrogens with two attached hydrogens (primary N) is 1. The molecule has 14 heavy (non-hydrogen) atoms. The molecule has 1 unspecified atom stereocenters. The molecule has 2 nitrogen and oxygen atoms in total. The molecule has 1 heterocycles. The second kappa shape index (κ2) is 4.01. The predicted octanol–water partition coefficient (Wildman–Crippen LogP) is 1.76. The predicted molar refractivity (Wildman–Crippen MR) is 60.2 cm³/mol. The van der Waals surface area contributed by atoms with E-state index in [0.717, 1.165) is 11.6 Å².